The maximum atomic E-state index is 9.44. The third-order valence-electron chi connectivity index (χ3n) is 4.35. The minimum Gasteiger partial charge on any atom is -0.396 e. The fourth-order valence-corrected chi connectivity index (χ4v) is 5.02. The lowest BCUT2D eigenvalue weighted by Crippen LogP contribution is -1.93. The van der Waals surface area contributed by atoms with Gasteiger partial charge >= 0.3 is 0 Å². The lowest BCUT2D eigenvalue weighted by Gasteiger charge is -2.11. The molecule has 0 spiro atoms. The molecule has 0 radical (unpaired) electrons. The average Bonchev–Trinajstić information content (AvgIpc) is 2.71. The Labute approximate surface area is 168 Å². The Hall–Kier alpha value is -2.20. The van der Waals surface area contributed by atoms with Crippen molar-refractivity contribution >= 4 is 34.3 Å². The van der Waals surface area contributed by atoms with E-state index < -0.39 is 0 Å². The molecule has 0 saturated carbocycles. The Morgan fingerprint density at radius 2 is 1.30 bits per heavy atom. The largest absolute Gasteiger partial charge is 0.396 e. The van der Waals surface area contributed by atoms with Crippen LogP contribution in [0.1, 0.15) is 5.56 Å². The molecular formula is C24H20OS2. The van der Waals surface area contributed by atoms with E-state index in [4.69, 9.17) is 0 Å². The maximum absolute atomic E-state index is 9.44. The van der Waals surface area contributed by atoms with Crippen molar-refractivity contribution in [1.29, 1.82) is 0 Å². The monoisotopic (exact) mass is 388 g/mol. The molecule has 134 valence electrons. The van der Waals surface area contributed by atoms with Crippen LogP contribution >= 0.6 is 23.5 Å². The summed E-state index contributed by atoms with van der Waals surface area (Å²) in [5.74, 6) is 0. The predicted molar refractivity (Wildman–Crippen MR) is 116 cm³/mol. The molecule has 0 aromatic heterocycles. The van der Waals surface area contributed by atoms with Crippen LogP contribution in [0.25, 0.3) is 10.8 Å². The van der Waals surface area contributed by atoms with Crippen molar-refractivity contribution in [1.82, 2.24) is 0 Å². The maximum Gasteiger partial charge on any atom is 0.0471 e. The fourth-order valence-electron chi connectivity index (χ4n) is 3.00. The predicted octanol–water partition coefficient (Wildman–Crippen LogP) is 6.68. The number of fused-ring (bicyclic) bond motifs is 1. The minimum absolute atomic E-state index is 0.163. The van der Waals surface area contributed by atoms with Gasteiger partial charge in [-0.15, -0.1) is 0 Å². The number of hydrogen-bond donors (Lipinski definition) is 1. The summed E-state index contributed by atoms with van der Waals surface area (Å²) in [5, 5.41) is 11.9. The molecule has 0 aliphatic carbocycles. The summed E-state index contributed by atoms with van der Waals surface area (Å²) in [6.07, 6.45) is 0.673. The van der Waals surface area contributed by atoms with Gasteiger partial charge in [-0.2, -0.15) is 0 Å². The number of hydrogen-bond acceptors (Lipinski definition) is 3. The number of aliphatic hydroxyl groups is 1. The van der Waals surface area contributed by atoms with E-state index in [-0.39, 0.29) is 6.61 Å². The normalized spacial score (nSPS) is 11.0. The van der Waals surface area contributed by atoms with Crippen LogP contribution in [-0.4, -0.2) is 11.7 Å². The van der Waals surface area contributed by atoms with Crippen LogP contribution in [0.2, 0.25) is 0 Å². The highest BCUT2D eigenvalue weighted by atomic mass is 32.2. The third-order valence-corrected chi connectivity index (χ3v) is 6.43. The summed E-state index contributed by atoms with van der Waals surface area (Å²) in [6.45, 7) is 0.163. The second-order valence-corrected chi connectivity index (χ2v) is 8.53. The number of benzene rings is 4. The average molecular weight is 389 g/mol. The Kier molecular flexibility index (Phi) is 5.83. The lowest BCUT2D eigenvalue weighted by atomic mass is 10.1. The van der Waals surface area contributed by atoms with E-state index in [0.29, 0.717) is 6.42 Å². The third kappa shape index (κ3) is 4.56. The topological polar surface area (TPSA) is 20.2 Å². The highest BCUT2D eigenvalue weighted by molar-refractivity contribution is 8.00. The van der Waals surface area contributed by atoms with Gasteiger partial charge in [0, 0.05) is 26.2 Å². The summed E-state index contributed by atoms with van der Waals surface area (Å²) in [5.41, 5.74) is 1.19. The van der Waals surface area contributed by atoms with Crippen molar-refractivity contribution in [3.05, 3.63) is 96.6 Å². The van der Waals surface area contributed by atoms with E-state index in [9.17, 15) is 5.11 Å². The molecule has 0 fully saturated rings. The molecule has 0 heterocycles. The van der Waals surface area contributed by atoms with Crippen LogP contribution in [-0.2, 0) is 6.42 Å². The van der Waals surface area contributed by atoms with E-state index in [2.05, 4.69) is 84.9 Å². The second kappa shape index (κ2) is 8.66. The number of rotatable bonds is 6. The van der Waals surface area contributed by atoms with E-state index in [1.165, 1.54) is 35.9 Å². The molecule has 0 atom stereocenters. The summed E-state index contributed by atoms with van der Waals surface area (Å²) in [7, 11) is 0. The molecule has 0 amide bonds. The smallest absolute Gasteiger partial charge is 0.0471 e. The van der Waals surface area contributed by atoms with Gasteiger partial charge in [0.15, 0.2) is 0 Å². The van der Waals surface area contributed by atoms with Gasteiger partial charge in [-0.3, -0.25) is 0 Å². The molecule has 27 heavy (non-hydrogen) atoms. The molecule has 4 aromatic carbocycles. The van der Waals surface area contributed by atoms with Crippen LogP contribution < -0.4 is 0 Å². The SMILES string of the molecule is OCCc1ccc(Sc2ccccc2)cc1Sc1ccc2ccccc2c1. The van der Waals surface area contributed by atoms with Crippen LogP contribution in [0.5, 0.6) is 0 Å². The van der Waals surface area contributed by atoms with E-state index in [0.717, 1.165) is 0 Å². The zero-order chi connectivity index (χ0) is 18.5. The summed E-state index contributed by atoms with van der Waals surface area (Å²) >= 11 is 3.54. The molecule has 1 N–H and O–H groups in total. The first-order valence-corrected chi connectivity index (χ1v) is 10.6. The zero-order valence-corrected chi connectivity index (χ0v) is 16.5. The van der Waals surface area contributed by atoms with Crippen molar-refractivity contribution < 1.29 is 5.11 Å². The first kappa shape index (κ1) is 18.2. The molecule has 0 aliphatic heterocycles. The molecule has 4 rings (SSSR count). The van der Waals surface area contributed by atoms with E-state index >= 15 is 0 Å². The number of aliphatic hydroxyl groups excluding tert-OH is 1. The Balaban J connectivity index is 1.64. The van der Waals surface area contributed by atoms with Crippen molar-refractivity contribution in [2.45, 2.75) is 26.0 Å². The van der Waals surface area contributed by atoms with Crippen LogP contribution in [0.3, 0.4) is 0 Å². The standard InChI is InChI=1S/C24H20OS2/c25-15-14-19-11-13-23(26-21-8-2-1-3-9-21)17-24(19)27-22-12-10-18-6-4-5-7-20(18)16-22/h1-13,16-17,25H,14-15H2. The lowest BCUT2D eigenvalue weighted by molar-refractivity contribution is 0.299. The first-order valence-electron chi connectivity index (χ1n) is 8.95. The minimum atomic E-state index is 0.163. The van der Waals surface area contributed by atoms with Crippen molar-refractivity contribution in [3.63, 3.8) is 0 Å². The van der Waals surface area contributed by atoms with Gasteiger partial charge in [0.05, 0.1) is 0 Å². The van der Waals surface area contributed by atoms with Gasteiger partial charge in [0.1, 0.15) is 0 Å². The van der Waals surface area contributed by atoms with Gasteiger partial charge < -0.3 is 5.11 Å². The summed E-state index contributed by atoms with van der Waals surface area (Å²) in [4.78, 5) is 4.87. The van der Waals surface area contributed by atoms with Crippen LogP contribution in [0.15, 0.2) is 111 Å². The van der Waals surface area contributed by atoms with Gasteiger partial charge in [0.25, 0.3) is 0 Å². The molecule has 0 saturated heterocycles. The Bertz CT molecular complexity index is 1040. The van der Waals surface area contributed by atoms with Crippen LogP contribution in [0, 0.1) is 0 Å². The fraction of sp³-hybridized carbons (Fsp3) is 0.0833. The van der Waals surface area contributed by atoms with E-state index in [1.54, 1.807) is 23.5 Å². The molecule has 4 aromatic rings. The molecule has 0 aliphatic rings. The Morgan fingerprint density at radius 3 is 2.11 bits per heavy atom. The van der Waals surface area contributed by atoms with Gasteiger partial charge in [-0.05, 0) is 59.2 Å². The molecule has 3 heteroatoms. The zero-order valence-electron chi connectivity index (χ0n) is 14.8. The molecule has 0 bridgehead atoms. The molecule has 0 unspecified atom stereocenters. The van der Waals surface area contributed by atoms with Crippen molar-refractivity contribution in [2.75, 3.05) is 6.61 Å². The van der Waals surface area contributed by atoms with Crippen molar-refractivity contribution in [2.24, 2.45) is 0 Å². The quantitative estimate of drug-likeness (QED) is 0.398. The summed E-state index contributed by atoms with van der Waals surface area (Å²) < 4.78 is 0. The molecule has 1 nitrogen and oxygen atoms in total. The highest BCUT2D eigenvalue weighted by Crippen LogP contribution is 2.37. The van der Waals surface area contributed by atoms with Gasteiger partial charge in [-0.1, -0.05) is 78.1 Å². The highest BCUT2D eigenvalue weighted by Gasteiger charge is 2.08. The van der Waals surface area contributed by atoms with Crippen molar-refractivity contribution in [3.8, 4) is 0 Å². The molecular weight excluding hydrogens is 368 g/mol. The van der Waals surface area contributed by atoms with Crippen LogP contribution in [0.4, 0.5) is 0 Å². The van der Waals surface area contributed by atoms with E-state index in [1.807, 2.05) is 6.07 Å². The Morgan fingerprint density at radius 1 is 0.593 bits per heavy atom. The van der Waals surface area contributed by atoms with Gasteiger partial charge in [0.2, 0.25) is 0 Å². The second-order valence-electron chi connectivity index (χ2n) is 6.27. The van der Waals surface area contributed by atoms with Gasteiger partial charge in [-0.25, -0.2) is 0 Å². The first-order chi connectivity index (χ1) is 13.3. The summed E-state index contributed by atoms with van der Waals surface area (Å²) in [6, 6.07) is 32.0.